The lowest BCUT2D eigenvalue weighted by atomic mass is 10.2. The summed E-state index contributed by atoms with van der Waals surface area (Å²) in [4.78, 5) is 0. The third-order valence-corrected chi connectivity index (χ3v) is 3.23. The van der Waals surface area contributed by atoms with Crippen molar-refractivity contribution in [3.8, 4) is 0 Å². The molecule has 0 aliphatic rings. The van der Waals surface area contributed by atoms with E-state index in [1.807, 2.05) is 60.7 Å². The summed E-state index contributed by atoms with van der Waals surface area (Å²) in [5, 5.41) is 8.73. The molecule has 3 nitrogen and oxygen atoms in total. The van der Waals surface area contributed by atoms with Crippen LogP contribution in [0.4, 0.5) is 0 Å². The molecule has 0 aliphatic heterocycles. The number of hydrogen-bond acceptors (Lipinski definition) is 3. The molecule has 0 saturated heterocycles. The van der Waals surface area contributed by atoms with Gasteiger partial charge in [-0.3, -0.25) is 0 Å². The van der Waals surface area contributed by atoms with Crippen LogP contribution in [0.1, 0.15) is 24.0 Å². The van der Waals surface area contributed by atoms with Crippen LogP contribution in [0.3, 0.4) is 0 Å². The highest BCUT2D eigenvalue weighted by molar-refractivity contribution is 5.14. The second-order valence-electron chi connectivity index (χ2n) is 4.98. The van der Waals surface area contributed by atoms with Crippen molar-refractivity contribution in [1.29, 1.82) is 0 Å². The predicted octanol–water partition coefficient (Wildman–Crippen LogP) is 4.60. The van der Waals surface area contributed by atoms with E-state index in [0.717, 1.165) is 17.4 Å². The Kier molecular flexibility index (Phi) is 7.22. The Morgan fingerprint density at radius 2 is 1.32 bits per heavy atom. The molecular weight excluding hydrogens is 276 g/mol. The Hall–Kier alpha value is -2.10. The number of benzene rings is 2. The van der Waals surface area contributed by atoms with Gasteiger partial charge in [-0.05, 0) is 23.6 Å². The minimum Gasteiger partial charge on any atom is -0.516 e. The van der Waals surface area contributed by atoms with Crippen LogP contribution in [0, 0.1) is 0 Å². The quantitative estimate of drug-likeness (QED) is 0.543. The smallest absolute Gasteiger partial charge is 0.158 e. The van der Waals surface area contributed by atoms with Gasteiger partial charge in [-0.1, -0.05) is 60.7 Å². The van der Waals surface area contributed by atoms with Crippen molar-refractivity contribution in [3.05, 3.63) is 84.1 Å². The molecule has 0 bridgehead atoms. The fourth-order valence-corrected chi connectivity index (χ4v) is 2.05. The number of hydrogen-bond donors (Lipinski definition) is 1. The van der Waals surface area contributed by atoms with E-state index >= 15 is 0 Å². The second-order valence-corrected chi connectivity index (χ2v) is 4.98. The van der Waals surface area contributed by atoms with E-state index < -0.39 is 0 Å². The number of rotatable bonds is 9. The van der Waals surface area contributed by atoms with Crippen LogP contribution in [0.2, 0.25) is 0 Å². The third-order valence-electron chi connectivity index (χ3n) is 3.23. The van der Waals surface area contributed by atoms with Crippen molar-refractivity contribution in [2.45, 2.75) is 32.3 Å². The summed E-state index contributed by atoms with van der Waals surface area (Å²) < 4.78 is 11.7. The molecule has 3 heteroatoms. The monoisotopic (exact) mass is 298 g/mol. The largest absolute Gasteiger partial charge is 0.516 e. The molecular formula is C19H22O3. The van der Waals surface area contributed by atoms with Gasteiger partial charge in [0.05, 0.1) is 19.5 Å². The van der Waals surface area contributed by atoms with Crippen LogP contribution in [-0.2, 0) is 22.7 Å². The molecule has 0 aliphatic carbocycles. The van der Waals surface area contributed by atoms with Gasteiger partial charge in [0.15, 0.2) is 6.29 Å². The van der Waals surface area contributed by atoms with Crippen molar-refractivity contribution < 1.29 is 14.6 Å². The average Bonchev–Trinajstić information content (AvgIpc) is 2.59. The molecule has 0 aromatic heterocycles. The van der Waals surface area contributed by atoms with Gasteiger partial charge in [-0.25, -0.2) is 0 Å². The summed E-state index contributed by atoms with van der Waals surface area (Å²) in [6.07, 6.45) is 3.88. The maximum atomic E-state index is 8.73. The van der Waals surface area contributed by atoms with E-state index in [2.05, 4.69) is 0 Å². The molecule has 1 N–H and O–H groups in total. The van der Waals surface area contributed by atoms with Gasteiger partial charge in [-0.15, -0.1) is 0 Å². The number of ether oxygens (including phenoxy) is 2. The minimum absolute atomic E-state index is 0.295. The zero-order valence-corrected chi connectivity index (χ0v) is 12.6. The molecule has 0 saturated carbocycles. The highest BCUT2D eigenvalue weighted by Gasteiger charge is 2.09. The number of aliphatic hydroxyl groups excluding tert-OH is 1. The molecule has 0 spiro atoms. The normalized spacial score (nSPS) is 11.3. The summed E-state index contributed by atoms with van der Waals surface area (Å²) in [5.74, 6) is 0. The first-order valence-electron chi connectivity index (χ1n) is 7.49. The Labute approximate surface area is 131 Å². The first kappa shape index (κ1) is 16.3. The second kappa shape index (κ2) is 9.77. The molecule has 0 amide bonds. The van der Waals surface area contributed by atoms with E-state index in [9.17, 15) is 0 Å². The molecule has 2 aromatic carbocycles. The Morgan fingerprint density at radius 3 is 1.77 bits per heavy atom. The molecule has 116 valence electrons. The topological polar surface area (TPSA) is 38.7 Å². The molecule has 0 heterocycles. The van der Waals surface area contributed by atoms with Crippen LogP contribution in [0.25, 0.3) is 0 Å². The lowest BCUT2D eigenvalue weighted by Gasteiger charge is -2.18. The van der Waals surface area contributed by atoms with Crippen LogP contribution in [-0.4, -0.2) is 11.4 Å². The lowest BCUT2D eigenvalue weighted by molar-refractivity contribution is -0.159. The average molecular weight is 298 g/mol. The highest BCUT2D eigenvalue weighted by Crippen LogP contribution is 2.12. The lowest BCUT2D eigenvalue weighted by Crippen LogP contribution is -2.17. The van der Waals surface area contributed by atoms with Crippen molar-refractivity contribution in [2.75, 3.05) is 0 Å². The Bertz CT molecular complexity index is 494. The maximum absolute atomic E-state index is 8.73. The summed E-state index contributed by atoms with van der Waals surface area (Å²) >= 11 is 0. The van der Waals surface area contributed by atoms with Crippen LogP contribution in [0.5, 0.6) is 0 Å². The van der Waals surface area contributed by atoms with E-state index in [1.54, 1.807) is 6.08 Å². The molecule has 0 atom stereocenters. The van der Waals surface area contributed by atoms with Gasteiger partial charge < -0.3 is 14.6 Å². The summed E-state index contributed by atoms with van der Waals surface area (Å²) in [7, 11) is 0. The fourth-order valence-electron chi connectivity index (χ4n) is 2.05. The molecule has 2 rings (SSSR count). The maximum Gasteiger partial charge on any atom is 0.158 e. The van der Waals surface area contributed by atoms with Crippen molar-refractivity contribution in [1.82, 2.24) is 0 Å². The van der Waals surface area contributed by atoms with E-state index in [0.29, 0.717) is 26.1 Å². The zero-order valence-electron chi connectivity index (χ0n) is 12.6. The van der Waals surface area contributed by atoms with Gasteiger partial charge >= 0.3 is 0 Å². The van der Waals surface area contributed by atoms with E-state index in [4.69, 9.17) is 14.6 Å². The van der Waals surface area contributed by atoms with E-state index in [1.165, 1.54) is 0 Å². The Balaban J connectivity index is 1.84. The van der Waals surface area contributed by atoms with Crippen molar-refractivity contribution in [3.63, 3.8) is 0 Å². The van der Waals surface area contributed by atoms with Gasteiger partial charge in [0.2, 0.25) is 0 Å². The predicted molar refractivity (Wildman–Crippen MR) is 87.3 cm³/mol. The van der Waals surface area contributed by atoms with Crippen molar-refractivity contribution >= 4 is 0 Å². The van der Waals surface area contributed by atoms with E-state index in [-0.39, 0.29) is 6.29 Å². The van der Waals surface area contributed by atoms with Crippen LogP contribution < -0.4 is 0 Å². The Morgan fingerprint density at radius 1 is 0.818 bits per heavy atom. The standard InChI is InChI=1S/C19H22O3/c20-14-8-7-13-19(21-15-17-9-3-1-4-10-17)22-16-18-11-5-2-6-12-18/h1-6,8-12,14,19-20H,7,13,15-16H2/b14-8+. The van der Waals surface area contributed by atoms with Crippen LogP contribution in [0.15, 0.2) is 73.0 Å². The zero-order chi connectivity index (χ0) is 15.5. The summed E-state index contributed by atoms with van der Waals surface area (Å²) in [6, 6.07) is 20.1. The van der Waals surface area contributed by atoms with Crippen LogP contribution >= 0.6 is 0 Å². The third kappa shape index (κ3) is 6.12. The first-order valence-corrected chi connectivity index (χ1v) is 7.49. The highest BCUT2D eigenvalue weighted by atomic mass is 16.7. The van der Waals surface area contributed by atoms with Gasteiger partial charge in [-0.2, -0.15) is 0 Å². The minimum atomic E-state index is -0.295. The summed E-state index contributed by atoms with van der Waals surface area (Å²) in [6.45, 7) is 1.03. The molecule has 2 aromatic rings. The van der Waals surface area contributed by atoms with Gasteiger partial charge in [0.1, 0.15) is 0 Å². The fraction of sp³-hybridized carbons (Fsp3) is 0.263. The molecule has 22 heavy (non-hydrogen) atoms. The van der Waals surface area contributed by atoms with Gasteiger partial charge in [0, 0.05) is 6.42 Å². The SMILES string of the molecule is O/C=C/CCC(OCc1ccccc1)OCc1ccccc1. The molecule has 0 radical (unpaired) electrons. The molecule has 0 fully saturated rings. The molecule has 0 unspecified atom stereocenters. The number of allylic oxidation sites excluding steroid dienone is 1. The first-order chi connectivity index (χ1) is 10.9. The van der Waals surface area contributed by atoms with Crippen molar-refractivity contribution in [2.24, 2.45) is 0 Å². The summed E-state index contributed by atoms with van der Waals surface area (Å²) in [5.41, 5.74) is 2.24. The van der Waals surface area contributed by atoms with Gasteiger partial charge in [0.25, 0.3) is 0 Å². The number of aliphatic hydroxyl groups is 1.